The highest BCUT2D eigenvalue weighted by molar-refractivity contribution is 14.1. The number of aliphatic hydroxyl groups is 1. The molecule has 0 aliphatic heterocycles. The SMILES string of the molecule is OCc1c(Br)ccc2cc(I)sc12. The Morgan fingerprint density at radius 2 is 2.23 bits per heavy atom. The van der Waals surface area contributed by atoms with Gasteiger partial charge < -0.3 is 5.11 Å². The largest absolute Gasteiger partial charge is 0.392 e. The van der Waals surface area contributed by atoms with Crippen LogP contribution in [0.4, 0.5) is 0 Å². The molecule has 68 valence electrons. The molecule has 2 rings (SSSR count). The van der Waals surface area contributed by atoms with Gasteiger partial charge in [-0.1, -0.05) is 22.0 Å². The minimum atomic E-state index is 0.0918. The quantitative estimate of drug-likeness (QED) is 0.760. The van der Waals surface area contributed by atoms with E-state index < -0.39 is 0 Å². The van der Waals surface area contributed by atoms with E-state index in [1.54, 1.807) is 11.3 Å². The molecule has 0 aliphatic rings. The highest BCUT2D eigenvalue weighted by Crippen LogP contribution is 2.33. The number of fused-ring (bicyclic) bond motifs is 1. The fraction of sp³-hybridized carbons (Fsp3) is 0.111. The molecule has 0 amide bonds. The molecule has 1 heterocycles. The van der Waals surface area contributed by atoms with E-state index in [1.807, 2.05) is 6.07 Å². The van der Waals surface area contributed by atoms with Gasteiger partial charge in [0.05, 0.1) is 9.49 Å². The molecule has 0 saturated carbocycles. The lowest BCUT2D eigenvalue weighted by molar-refractivity contribution is 0.283. The monoisotopic (exact) mass is 368 g/mol. The van der Waals surface area contributed by atoms with Crippen molar-refractivity contribution in [2.75, 3.05) is 0 Å². The third-order valence-corrected chi connectivity index (χ3v) is 4.57. The standard InChI is InChI=1S/C9H6BrIOS/c10-7-2-1-5-3-8(11)13-9(5)6(7)4-12/h1-3,12H,4H2. The van der Waals surface area contributed by atoms with Gasteiger partial charge in [-0.15, -0.1) is 11.3 Å². The van der Waals surface area contributed by atoms with E-state index in [0.29, 0.717) is 0 Å². The maximum atomic E-state index is 9.20. The molecule has 0 saturated heterocycles. The van der Waals surface area contributed by atoms with Crippen LogP contribution in [0.1, 0.15) is 5.56 Å². The highest BCUT2D eigenvalue weighted by atomic mass is 127. The maximum Gasteiger partial charge on any atom is 0.0706 e. The van der Waals surface area contributed by atoms with Gasteiger partial charge >= 0.3 is 0 Å². The summed E-state index contributed by atoms with van der Waals surface area (Å²) >= 11 is 7.44. The summed E-state index contributed by atoms with van der Waals surface area (Å²) in [5, 5.41) is 10.4. The van der Waals surface area contributed by atoms with Crippen LogP contribution in [0.15, 0.2) is 22.7 Å². The first-order chi connectivity index (χ1) is 6.22. The number of benzene rings is 1. The summed E-state index contributed by atoms with van der Waals surface area (Å²) in [5.74, 6) is 0. The number of hydrogen-bond acceptors (Lipinski definition) is 2. The van der Waals surface area contributed by atoms with E-state index in [-0.39, 0.29) is 6.61 Å². The summed E-state index contributed by atoms with van der Waals surface area (Å²) in [6, 6.07) is 6.18. The summed E-state index contributed by atoms with van der Waals surface area (Å²) < 4.78 is 3.42. The third kappa shape index (κ3) is 1.77. The van der Waals surface area contributed by atoms with E-state index in [4.69, 9.17) is 0 Å². The van der Waals surface area contributed by atoms with Gasteiger partial charge in [-0.3, -0.25) is 0 Å². The lowest BCUT2D eigenvalue weighted by atomic mass is 10.2. The first-order valence-corrected chi connectivity index (χ1v) is 6.38. The zero-order valence-electron chi connectivity index (χ0n) is 6.55. The summed E-state index contributed by atoms with van der Waals surface area (Å²) in [4.78, 5) is 0. The molecule has 1 nitrogen and oxygen atoms in total. The fourth-order valence-corrected chi connectivity index (χ4v) is 3.76. The van der Waals surface area contributed by atoms with Crippen LogP contribution >= 0.6 is 49.9 Å². The smallest absolute Gasteiger partial charge is 0.0706 e. The van der Waals surface area contributed by atoms with Crippen molar-refractivity contribution in [3.63, 3.8) is 0 Å². The molecule has 1 aromatic heterocycles. The molecular formula is C9H6BrIOS. The molecule has 0 aliphatic carbocycles. The zero-order chi connectivity index (χ0) is 9.42. The van der Waals surface area contributed by atoms with E-state index >= 15 is 0 Å². The third-order valence-electron chi connectivity index (χ3n) is 1.86. The van der Waals surface area contributed by atoms with E-state index in [9.17, 15) is 5.11 Å². The minimum absolute atomic E-state index is 0.0918. The van der Waals surface area contributed by atoms with Gasteiger partial charge in [0.25, 0.3) is 0 Å². The molecule has 0 fully saturated rings. The molecule has 4 heteroatoms. The summed E-state index contributed by atoms with van der Waals surface area (Å²) in [5.41, 5.74) is 0.991. The van der Waals surface area contributed by atoms with Crippen LogP contribution in [0.2, 0.25) is 0 Å². The van der Waals surface area contributed by atoms with Crippen molar-refractivity contribution < 1.29 is 5.11 Å². The molecule has 0 radical (unpaired) electrons. The van der Waals surface area contributed by atoms with Crippen LogP contribution in [0, 0.1) is 2.88 Å². The average Bonchev–Trinajstić information content (AvgIpc) is 2.45. The highest BCUT2D eigenvalue weighted by Gasteiger charge is 2.07. The van der Waals surface area contributed by atoms with Gasteiger partial charge in [-0.2, -0.15) is 0 Å². The molecule has 0 atom stereocenters. The number of thiophene rings is 1. The summed E-state index contributed by atoms with van der Waals surface area (Å²) in [6.45, 7) is 0.0918. The molecular weight excluding hydrogens is 363 g/mol. The molecule has 1 aromatic carbocycles. The number of hydrogen-bond donors (Lipinski definition) is 1. The maximum absolute atomic E-state index is 9.20. The number of halogens is 2. The second-order valence-electron chi connectivity index (χ2n) is 2.65. The summed E-state index contributed by atoms with van der Waals surface area (Å²) in [6.07, 6.45) is 0. The van der Waals surface area contributed by atoms with Crippen molar-refractivity contribution in [1.29, 1.82) is 0 Å². The van der Waals surface area contributed by atoms with Crippen molar-refractivity contribution in [1.82, 2.24) is 0 Å². The number of aliphatic hydroxyl groups excluding tert-OH is 1. The van der Waals surface area contributed by atoms with Gasteiger partial charge in [-0.05, 0) is 40.1 Å². The van der Waals surface area contributed by atoms with Gasteiger partial charge in [0, 0.05) is 14.7 Å². The first kappa shape index (κ1) is 9.89. The van der Waals surface area contributed by atoms with E-state index in [1.165, 1.54) is 13.0 Å². The Morgan fingerprint density at radius 1 is 1.46 bits per heavy atom. The molecule has 13 heavy (non-hydrogen) atoms. The predicted octanol–water partition coefficient (Wildman–Crippen LogP) is 3.76. The lowest BCUT2D eigenvalue weighted by Gasteiger charge is -2.00. The summed E-state index contributed by atoms with van der Waals surface area (Å²) in [7, 11) is 0. The van der Waals surface area contributed by atoms with Crippen LogP contribution in [0.25, 0.3) is 10.1 Å². The van der Waals surface area contributed by atoms with Crippen LogP contribution in [-0.4, -0.2) is 5.11 Å². The van der Waals surface area contributed by atoms with Crippen molar-refractivity contribution in [3.8, 4) is 0 Å². The predicted molar refractivity (Wildman–Crippen MR) is 68.2 cm³/mol. The lowest BCUT2D eigenvalue weighted by Crippen LogP contribution is -1.84. The van der Waals surface area contributed by atoms with Crippen LogP contribution in [0.5, 0.6) is 0 Å². The van der Waals surface area contributed by atoms with Crippen LogP contribution in [0.3, 0.4) is 0 Å². The Balaban J connectivity index is 2.82. The number of rotatable bonds is 1. The van der Waals surface area contributed by atoms with Crippen LogP contribution < -0.4 is 0 Å². The Morgan fingerprint density at radius 3 is 2.92 bits per heavy atom. The molecule has 0 bridgehead atoms. The van der Waals surface area contributed by atoms with E-state index in [2.05, 4.69) is 50.7 Å². The Kier molecular flexibility index (Phi) is 2.92. The van der Waals surface area contributed by atoms with Crippen molar-refractivity contribution >= 4 is 59.9 Å². The zero-order valence-corrected chi connectivity index (χ0v) is 11.1. The van der Waals surface area contributed by atoms with Crippen molar-refractivity contribution in [3.05, 3.63) is 31.1 Å². The Hall–Kier alpha value is 0.350. The van der Waals surface area contributed by atoms with Gasteiger partial charge in [0.15, 0.2) is 0 Å². The fourth-order valence-electron chi connectivity index (χ4n) is 1.25. The van der Waals surface area contributed by atoms with Crippen LogP contribution in [-0.2, 0) is 6.61 Å². The second-order valence-corrected chi connectivity index (χ2v) is 6.45. The first-order valence-electron chi connectivity index (χ1n) is 3.69. The van der Waals surface area contributed by atoms with Crippen molar-refractivity contribution in [2.45, 2.75) is 6.61 Å². The normalized spacial score (nSPS) is 11.0. The van der Waals surface area contributed by atoms with Crippen molar-refractivity contribution in [2.24, 2.45) is 0 Å². The molecule has 0 spiro atoms. The van der Waals surface area contributed by atoms with Gasteiger partial charge in [-0.25, -0.2) is 0 Å². The molecule has 2 aromatic rings. The molecule has 0 unspecified atom stereocenters. The Labute approximate surface area is 102 Å². The Bertz CT molecular complexity index is 452. The minimum Gasteiger partial charge on any atom is -0.392 e. The molecule has 1 N–H and O–H groups in total. The van der Waals surface area contributed by atoms with Gasteiger partial charge in [0.1, 0.15) is 0 Å². The topological polar surface area (TPSA) is 20.2 Å². The average molecular weight is 369 g/mol. The van der Waals surface area contributed by atoms with Gasteiger partial charge in [0.2, 0.25) is 0 Å². The second kappa shape index (κ2) is 3.84. The van der Waals surface area contributed by atoms with E-state index in [0.717, 1.165) is 10.0 Å².